The second kappa shape index (κ2) is 8.14. The fourth-order valence-corrected chi connectivity index (χ4v) is 2.73. The number of nitro benzene ring substituents is 1. The Morgan fingerprint density at radius 3 is 2.59 bits per heavy atom. The van der Waals surface area contributed by atoms with Crippen molar-refractivity contribution in [2.75, 3.05) is 5.32 Å². The van der Waals surface area contributed by atoms with Crippen LogP contribution in [-0.4, -0.2) is 20.6 Å². The van der Waals surface area contributed by atoms with Gasteiger partial charge < -0.3 is 5.32 Å². The van der Waals surface area contributed by atoms with E-state index in [0.717, 1.165) is 5.56 Å². The number of para-hydroxylation sites is 2. The molecule has 2 aromatic carbocycles. The molecule has 0 saturated carbocycles. The van der Waals surface area contributed by atoms with Crippen LogP contribution < -0.4 is 10.7 Å². The van der Waals surface area contributed by atoms with Crippen LogP contribution in [0.1, 0.15) is 21.7 Å². The van der Waals surface area contributed by atoms with E-state index in [2.05, 4.69) is 10.4 Å². The molecule has 0 unspecified atom stereocenters. The summed E-state index contributed by atoms with van der Waals surface area (Å²) in [5.74, 6) is -0.740. The van der Waals surface area contributed by atoms with Crippen LogP contribution in [-0.2, 0) is 6.42 Å². The molecule has 144 valence electrons. The first-order chi connectivity index (χ1) is 13.9. The Balaban J connectivity index is 1.98. The molecule has 9 nitrogen and oxygen atoms in total. The maximum atomic E-state index is 12.6. The Labute approximate surface area is 165 Å². The monoisotopic (exact) mass is 389 g/mol. The maximum Gasteiger partial charge on any atom is 0.294 e. The van der Waals surface area contributed by atoms with Gasteiger partial charge >= 0.3 is 0 Å². The van der Waals surface area contributed by atoms with Gasteiger partial charge in [0.25, 0.3) is 11.6 Å². The number of aryl methyl sites for hydroxylation is 1. The van der Waals surface area contributed by atoms with Crippen LogP contribution in [0.5, 0.6) is 0 Å². The minimum Gasteiger partial charge on any atom is -0.320 e. The van der Waals surface area contributed by atoms with Gasteiger partial charge in [-0.25, -0.2) is 4.68 Å². The zero-order valence-electron chi connectivity index (χ0n) is 15.3. The van der Waals surface area contributed by atoms with E-state index in [1.165, 1.54) is 28.9 Å². The number of hydrogen-bond donors (Lipinski definition) is 1. The molecule has 1 N–H and O–H groups in total. The Bertz CT molecular complexity index is 1190. The summed E-state index contributed by atoms with van der Waals surface area (Å²) < 4.78 is 1.20. The van der Waals surface area contributed by atoms with E-state index in [1.807, 2.05) is 6.07 Å². The van der Waals surface area contributed by atoms with E-state index in [1.54, 1.807) is 37.3 Å². The SMILES string of the molecule is Cc1cc(=O)c(C(=O)Nc2ccc(CC#N)cc2)nn1-c1ccccc1[N+](=O)[O-]. The molecule has 0 fully saturated rings. The highest BCUT2D eigenvalue weighted by Crippen LogP contribution is 2.22. The second-order valence-corrected chi connectivity index (χ2v) is 6.14. The average Bonchev–Trinajstić information content (AvgIpc) is 2.69. The molecule has 9 heteroatoms. The minimum atomic E-state index is -0.740. The lowest BCUT2D eigenvalue weighted by molar-refractivity contribution is -0.384. The summed E-state index contributed by atoms with van der Waals surface area (Å²) in [4.78, 5) is 35.6. The summed E-state index contributed by atoms with van der Waals surface area (Å²) in [6, 6.07) is 15.7. The van der Waals surface area contributed by atoms with Gasteiger partial charge in [0.2, 0.25) is 5.43 Å². The second-order valence-electron chi connectivity index (χ2n) is 6.14. The van der Waals surface area contributed by atoms with E-state index in [4.69, 9.17) is 5.26 Å². The molecule has 0 aliphatic carbocycles. The van der Waals surface area contributed by atoms with Crippen molar-refractivity contribution in [2.45, 2.75) is 13.3 Å². The molecular formula is C20H15N5O4. The largest absolute Gasteiger partial charge is 0.320 e. The number of nitrogens with one attached hydrogen (secondary N) is 1. The standard InChI is InChI=1S/C20H15N5O4/c1-13-12-18(26)19(20(27)22-15-8-6-14(7-9-15)10-11-21)23-24(13)16-4-2-3-5-17(16)25(28)29/h2-9,12H,10H2,1H3,(H,22,27). The van der Waals surface area contributed by atoms with Gasteiger partial charge in [0.15, 0.2) is 5.69 Å². The molecule has 0 aliphatic rings. The number of carbonyl (C=O) groups is 1. The molecule has 1 amide bonds. The van der Waals surface area contributed by atoms with E-state index in [0.29, 0.717) is 11.4 Å². The summed E-state index contributed by atoms with van der Waals surface area (Å²) in [6.45, 7) is 1.57. The lowest BCUT2D eigenvalue weighted by Crippen LogP contribution is -2.27. The quantitative estimate of drug-likeness (QED) is 0.527. The summed E-state index contributed by atoms with van der Waals surface area (Å²) in [5, 5.41) is 26.7. The zero-order valence-corrected chi connectivity index (χ0v) is 15.3. The average molecular weight is 389 g/mol. The Morgan fingerprint density at radius 1 is 1.24 bits per heavy atom. The van der Waals surface area contributed by atoms with Crippen molar-refractivity contribution in [3.8, 4) is 11.8 Å². The van der Waals surface area contributed by atoms with Gasteiger partial charge in [0.1, 0.15) is 5.69 Å². The van der Waals surface area contributed by atoms with Crippen molar-refractivity contribution in [2.24, 2.45) is 0 Å². The zero-order chi connectivity index (χ0) is 21.0. The lowest BCUT2D eigenvalue weighted by atomic mass is 10.1. The third-order valence-electron chi connectivity index (χ3n) is 4.12. The van der Waals surface area contributed by atoms with Gasteiger partial charge in [-0.1, -0.05) is 24.3 Å². The van der Waals surface area contributed by atoms with Crippen LogP contribution in [0.25, 0.3) is 5.69 Å². The van der Waals surface area contributed by atoms with Crippen molar-refractivity contribution in [1.82, 2.24) is 9.78 Å². The predicted molar refractivity (Wildman–Crippen MR) is 105 cm³/mol. The van der Waals surface area contributed by atoms with E-state index in [9.17, 15) is 19.7 Å². The van der Waals surface area contributed by atoms with Gasteiger partial charge in [-0.2, -0.15) is 10.4 Å². The van der Waals surface area contributed by atoms with Gasteiger partial charge in [-0.15, -0.1) is 0 Å². The third kappa shape index (κ3) is 4.17. The first kappa shape index (κ1) is 19.4. The van der Waals surface area contributed by atoms with E-state index >= 15 is 0 Å². The summed E-state index contributed by atoms with van der Waals surface area (Å²) >= 11 is 0. The van der Waals surface area contributed by atoms with Crippen molar-refractivity contribution in [3.05, 3.63) is 91.9 Å². The summed E-state index contributed by atoms with van der Waals surface area (Å²) in [7, 11) is 0. The summed E-state index contributed by atoms with van der Waals surface area (Å²) in [5.41, 5.74) is 0.511. The topological polar surface area (TPSA) is 131 Å². The molecule has 0 bridgehead atoms. The van der Waals surface area contributed by atoms with Crippen molar-refractivity contribution >= 4 is 17.3 Å². The number of nitrogens with zero attached hydrogens (tertiary/aromatic N) is 4. The molecule has 29 heavy (non-hydrogen) atoms. The number of amides is 1. The van der Waals surface area contributed by atoms with Crippen molar-refractivity contribution < 1.29 is 9.72 Å². The van der Waals surface area contributed by atoms with Gasteiger partial charge in [-0.05, 0) is 30.7 Å². The van der Waals surface area contributed by atoms with E-state index < -0.39 is 22.0 Å². The molecular weight excluding hydrogens is 374 g/mol. The first-order valence-corrected chi connectivity index (χ1v) is 8.52. The smallest absolute Gasteiger partial charge is 0.294 e. The highest BCUT2D eigenvalue weighted by molar-refractivity contribution is 6.02. The minimum absolute atomic E-state index is 0.143. The molecule has 3 aromatic rings. The number of rotatable bonds is 5. The number of aromatic nitrogens is 2. The van der Waals surface area contributed by atoms with Gasteiger partial charge in [0, 0.05) is 23.5 Å². The van der Waals surface area contributed by atoms with Crippen LogP contribution in [0, 0.1) is 28.4 Å². The van der Waals surface area contributed by atoms with Crippen LogP contribution in [0.4, 0.5) is 11.4 Å². The fraction of sp³-hybridized carbons (Fsp3) is 0.100. The predicted octanol–water partition coefficient (Wildman–Crippen LogP) is 2.77. The van der Waals surface area contributed by atoms with Gasteiger partial charge in [0.05, 0.1) is 17.4 Å². The molecule has 3 rings (SSSR count). The Morgan fingerprint density at radius 2 is 1.93 bits per heavy atom. The lowest BCUT2D eigenvalue weighted by Gasteiger charge is -2.11. The molecule has 0 saturated heterocycles. The van der Waals surface area contributed by atoms with Gasteiger partial charge in [-0.3, -0.25) is 19.7 Å². The first-order valence-electron chi connectivity index (χ1n) is 8.52. The summed E-state index contributed by atoms with van der Waals surface area (Å²) in [6.07, 6.45) is 0.244. The normalized spacial score (nSPS) is 10.2. The van der Waals surface area contributed by atoms with Crippen LogP contribution >= 0.6 is 0 Å². The van der Waals surface area contributed by atoms with Crippen molar-refractivity contribution in [1.29, 1.82) is 5.26 Å². The molecule has 1 aromatic heterocycles. The Hall–Kier alpha value is -4.32. The molecule has 0 atom stereocenters. The molecule has 0 aliphatic heterocycles. The van der Waals surface area contributed by atoms with Crippen LogP contribution in [0.2, 0.25) is 0 Å². The number of anilines is 1. The van der Waals surface area contributed by atoms with Crippen LogP contribution in [0.3, 0.4) is 0 Å². The maximum absolute atomic E-state index is 12.6. The van der Waals surface area contributed by atoms with Crippen LogP contribution in [0.15, 0.2) is 59.4 Å². The number of hydrogen-bond acceptors (Lipinski definition) is 6. The van der Waals surface area contributed by atoms with Crippen molar-refractivity contribution in [3.63, 3.8) is 0 Å². The number of nitro groups is 1. The Kier molecular flexibility index (Phi) is 5.46. The number of benzene rings is 2. The molecule has 0 radical (unpaired) electrons. The fourth-order valence-electron chi connectivity index (χ4n) is 2.73. The highest BCUT2D eigenvalue weighted by atomic mass is 16.6. The number of carbonyl (C=O) groups excluding carboxylic acids is 1. The highest BCUT2D eigenvalue weighted by Gasteiger charge is 2.20. The van der Waals surface area contributed by atoms with E-state index in [-0.39, 0.29) is 17.8 Å². The third-order valence-corrected chi connectivity index (χ3v) is 4.12. The molecule has 1 heterocycles. The molecule has 0 spiro atoms. The number of nitriles is 1.